The van der Waals surface area contributed by atoms with Crippen molar-refractivity contribution in [1.29, 1.82) is 0 Å². The number of carbonyl (C=O) groups is 1. The van der Waals surface area contributed by atoms with E-state index >= 15 is 0 Å². The molecule has 0 atom stereocenters. The Balaban J connectivity index is 2.26. The van der Waals surface area contributed by atoms with E-state index in [-0.39, 0.29) is 5.78 Å². The monoisotopic (exact) mass is 150 g/mol. The second-order valence-electron chi connectivity index (χ2n) is 2.86. The Morgan fingerprint density at radius 2 is 2.36 bits per heavy atom. The van der Waals surface area contributed by atoms with E-state index in [1.807, 2.05) is 6.08 Å². The number of ether oxygens (including phenoxy) is 1. The van der Waals surface area contributed by atoms with E-state index in [2.05, 4.69) is 0 Å². The zero-order valence-corrected chi connectivity index (χ0v) is 6.30. The van der Waals surface area contributed by atoms with Gasteiger partial charge in [0.15, 0.2) is 5.78 Å². The van der Waals surface area contributed by atoms with Crippen molar-refractivity contribution in [3.63, 3.8) is 0 Å². The minimum Gasteiger partial charge on any atom is -0.494 e. The van der Waals surface area contributed by atoms with Gasteiger partial charge in [-0.15, -0.1) is 0 Å². The van der Waals surface area contributed by atoms with E-state index in [0.29, 0.717) is 6.42 Å². The molecule has 0 unspecified atom stereocenters. The Hall–Kier alpha value is -1.05. The van der Waals surface area contributed by atoms with Crippen molar-refractivity contribution in [2.24, 2.45) is 0 Å². The molecule has 0 saturated carbocycles. The number of hydrogen-bond donors (Lipinski definition) is 0. The van der Waals surface area contributed by atoms with Crippen molar-refractivity contribution >= 4 is 5.78 Å². The molecule has 1 fully saturated rings. The van der Waals surface area contributed by atoms with Crippen LogP contribution in [0, 0.1) is 0 Å². The lowest BCUT2D eigenvalue weighted by Gasteiger charge is -2.21. The molecule has 1 aliphatic carbocycles. The van der Waals surface area contributed by atoms with Crippen LogP contribution in [-0.4, -0.2) is 12.4 Å². The first-order valence-electron chi connectivity index (χ1n) is 3.93. The van der Waals surface area contributed by atoms with Crippen LogP contribution < -0.4 is 0 Å². The van der Waals surface area contributed by atoms with E-state index in [9.17, 15) is 4.79 Å². The van der Waals surface area contributed by atoms with Crippen LogP contribution in [0.5, 0.6) is 0 Å². The third-order valence-electron chi connectivity index (χ3n) is 1.99. The number of fused-ring (bicyclic) bond motifs is 1. The number of hydrogen-bond acceptors (Lipinski definition) is 2. The average molecular weight is 150 g/mol. The molecule has 1 saturated heterocycles. The summed E-state index contributed by atoms with van der Waals surface area (Å²) in [4.78, 5) is 10.9. The van der Waals surface area contributed by atoms with Crippen LogP contribution in [0.2, 0.25) is 0 Å². The van der Waals surface area contributed by atoms with Gasteiger partial charge in [0.2, 0.25) is 0 Å². The highest BCUT2D eigenvalue weighted by molar-refractivity contribution is 5.93. The maximum Gasteiger partial charge on any atom is 0.159 e. The van der Waals surface area contributed by atoms with Gasteiger partial charge < -0.3 is 4.74 Å². The van der Waals surface area contributed by atoms with E-state index in [4.69, 9.17) is 4.74 Å². The lowest BCUT2D eigenvalue weighted by molar-refractivity contribution is -0.114. The zero-order valence-electron chi connectivity index (χ0n) is 6.30. The molecule has 2 nitrogen and oxygen atoms in total. The normalized spacial score (nSPS) is 23.1. The predicted molar refractivity (Wildman–Crippen MR) is 41.0 cm³/mol. The van der Waals surface area contributed by atoms with Crippen molar-refractivity contribution in [3.05, 3.63) is 23.5 Å². The van der Waals surface area contributed by atoms with Crippen molar-refractivity contribution in [2.75, 3.05) is 6.61 Å². The van der Waals surface area contributed by atoms with Crippen molar-refractivity contribution in [1.82, 2.24) is 0 Å². The first-order valence-corrected chi connectivity index (χ1v) is 3.93. The molecule has 0 aromatic heterocycles. The fraction of sp³-hybridized carbons (Fsp3) is 0.444. The second-order valence-corrected chi connectivity index (χ2v) is 2.86. The van der Waals surface area contributed by atoms with E-state index in [0.717, 1.165) is 30.8 Å². The van der Waals surface area contributed by atoms with Crippen LogP contribution in [0.25, 0.3) is 0 Å². The van der Waals surface area contributed by atoms with Gasteiger partial charge in [0, 0.05) is 6.42 Å². The smallest absolute Gasteiger partial charge is 0.159 e. The van der Waals surface area contributed by atoms with Crippen molar-refractivity contribution < 1.29 is 9.53 Å². The van der Waals surface area contributed by atoms with Crippen LogP contribution in [0.1, 0.15) is 19.3 Å². The molecule has 0 amide bonds. The van der Waals surface area contributed by atoms with Gasteiger partial charge in [0.05, 0.1) is 6.61 Å². The van der Waals surface area contributed by atoms with Gasteiger partial charge in [0.1, 0.15) is 5.76 Å². The summed E-state index contributed by atoms with van der Waals surface area (Å²) < 4.78 is 5.37. The highest BCUT2D eigenvalue weighted by atomic mass is 16.5. The van der Waals surface area contributed by atoms with Gasteiger partial charge in [-0.05, 0) is 30.6 Å². The molecule has 0 N–H and O–H groups in total. The Kier molecular flexibility index (Phi) is 1.53. The Morgan fingerprint density at radius 3 is 3.27 bits per heavy atom. The average Bonchev–Trinajstić information content (AvgIpc) is 2.04. The summed E-state index contributed by atoms with van der Waals surface area (Å²) in [5.74, 6) is 1.14. The quantitative estimate of drug-likeness (QED) is 0.524. The maximum atomic E-state index is 10.9. The van der Waals surface area contributed by atoms with Gasteiger partial charge >= 0.3 is 0 Å². The van der Waals surface area contributed by atoms with E-state index < -0.39 is 0 Å². The van der Waals surface area contributed by atoms with E-state index in [1.54, 1.807) is 6.08 Å². The lowest BCUT2D eigenvalue weighted by Crippen LogP contribution is -2.11. The molecule has 2 heteroatoms. The Labute approximate surface area is 65.5 Å². The molecule has 2 aliphatic rings. The summed E-state index contributed by atoms with van der Waals surface area (Å²) in [5, 5.41) is 0. The minimum atomic E-state index is 0.203. The molecular weight excluding hydrogens is 140 g/mol. The lowest BCUT2D eigenvalue weighted by atomic mass is 9.98. The van der Waals surface area contributed by atoms with Crippen molar-refractivity contribution in [2.45, 2.75) is 19.3 Å². The Bertz CT molecular complexity index is 248. The third kappa shape index (κ3) is 1.20. The predicted octanol–water partition coefficient (Wildman–Crippen LogP) is 1.58. The zero-order chi connectivity index (χ0) is 7.68. The highest BCUT2D eigenvalue weighted by Gasteiger charge is 2.17. The van der Waals surface area contributed by atoms with Gasteiger partial charge in [-0.2, -0.15) is 0 Å². The van der Waals surface area contributed by atoms with Crippen molar-refractivity contribution in [3.8, 4) is 0 Å². The van der Waals surface area contributed by atoms with Crippen LogP contribution >= 0.6 is 0 Å². The molecule has 1 aliphatic heterocycles. The molecule has 58 valence electrons. The standard InChI is InChI=1S/C9H10O2/c10-8-3-4-9-7(6-8)2-1-5-11-9/h4,6H,1-3,5H2. The topological polar surface area (TPSA) is 26.3 Å². The molecular formula is C9H10O2. The summed E-state index contributed by atoms with van der Waals surface area (Å²) in [6.45, 7) is 0.803. The molecule has 0 aromatic carbocycles. The molecule has 2 rings (SSSR count). The summed E-state index contributed by atoms with van der Waals surface area (Å²) in [6.07, 6.45) is 6.15. The van der Waals surface area contributed by atoms with Crippen LogP contribution in [-0.2, 0) is 9.53 Å². The van der Waals surface area contributed by atoms with Crippen LogP contribution in [0.3, 0.4) is 0 Å². The number of rotatable bonds is 0. The first kappa shape index (κ1) is 6.65. The molecule has 0 bridgehead atoms. The molecule has 0 spiro atoms. The van der Waals surface area contributed by atoms with Crippen LogP contribution in [0.4, 0.5) is 0 Å². The molecule has 1 heterocycles. The SMILES string of the molecule is O=C1C=C2CCCOC2=CC1. The molecule has 0 radical (unpaired) electrons. The maximum absolute atomic E-state index is 10.9. The number of allylic oxidation sites excluding steroid dienone is 3. The van der Waals surface area contributed by atoms with Gasteiger partial charge in [-0.3, -0.25) is 4.79 Å². The number of ketones is 1. The summed E-state index contributed by atoms with van der Waals surface area (Å²) in [6, 6.07) is 0. The summed E-state index contributed by atoms with van der Waals surface area (Å²) in [7, 11) is 0. The van der Waals surface area contributed by atoms with Crippen LogP contribution in [0.15, 0.2) is 23.5 Å². The highest BCUT2D eigenvalue weighted by Crippen LogP contribution is 2.26. The van der Waals surface area contributed by atoms with E-state index in [1.165, 1.54) is 0 Å². The summed E-state index contributed by atoms with van der Waals surface area (Å²) in [5.41, 5.74) is 1.09. The van der Waals surface area contributed by atoms with Gasteiger partial charge in [0.25, 0.3) is 0 Å². The minimum absolute atomic E-state index is 0.203. The fourth-order valence-corrected chi connectivity index (χ4v) is 1.44. The third-order valence-corrected chi connectivity index (χ3v) is 1.99. The fourth-order valence-electron chi connectivity index (χ4n) is 1.44. The first-order chi connectivity index (χ1) is 5.36. The van der Waals surface area contributed by atoms with Gasteiger partial charge in [-0.1, -0.05) is 0 Å². The largest absolute Gasteiger partial charge is 0.494 e. The molecule has 11 heavy (non-hydrogen) atoms. The Morgan fingerprint density at radius 1 is 1.45 bits per heavy atom. The van der Waals surface area contributed by atoms with Gasteiger partial charge in [-0.25, -0.2) is 0 Å². The number of carbonyl (C=O) groups excluding carboxylic acids is 1. The molecule has 0 aromatic rings. The summed E-state index contributed by atoms with van der Waals surface area (Å²) >= 11 is 0. The second kappa shape index (κ2) is 2.53.